The number of hydrogen-bond donors (Lipinski definition) is 1. The van der Waals surface area contributed by atoms with Crippen LogP contribution in [0, 0.1) is 0 Å². The molecular weight excluding hydrogens is 278 g/mol. The lowest BCUT2D eigenvalue weighted by Crippen LogP contribution is -2.23. The molecule has 3 nitrogen and oxygen atoms in total. The third-order valence-corrected chi connectivity index (χ3v) is 3.54. The van der Waals surface area contributed by atoms with Gasteiger partial charge in [-0.2, -0.15) is 0 Å². The highest BCUT2D eigenvalue weighted by atomic mass is 79.9. The summed E-state index contributed by atoms with van der Waals surface area (Å²) in [5.74, 6) is 1.00. The number of nitrogens with zero attached hydrogens (tertiary/aromatic N) is 2. The predicted molar refractivity (Wildman–Crippen MR) is 77.4 cm³/mol. The molecule has 2 N–H and O–H groups in total. The Morgan fingerprint density at radius 3 is 2.59 bits per heavy atom. The molecule has 17 heavy (non-hydrogen) atoms. The molecule has 0 saturated carbocycles. The summed E-state index contributed by atoms with van der Waals surface area (Å²) in [6.45, 7) is 6.14. The van der Waals surface area contributed by atoms with Crippen LogP contribution in [0.2, 0.25) is 0 Å². The van der Waals surface area contributed by atoms with Crippen molar-refractivity contribution in [2.24, 2.45) is 0 Å². The smallest absolute Gasteiger partial charge is 0.136 e. The van der Waals surface area contributed by atoms with Gasteiger partial charge < -0.3 is 10.6 Å². The van der Waals surface area contributed by atoms with Gasteiger partial charge in [-0.1, -0.05) is 6.07 Å². The van der Waals surface area contributed by atoms with E-state index in [9.17, 15) is 0 Å². The molecule has 0 saturated heterocycles. The molecule has 0 bridgehead atoms. The van der Waals surface area contributed by atoms with E-state index in [1.807, 2.05) is 24.4 Å². The van der Waals surface area contributed by atoms with Gasteiger partial charge in [-0.3, -0.25) is 0 Å². The first-order chi connectivity index (χ1) is 8.17. The number of fused-ring (bicyclic) bond motifs is 1. The second kappa shape index (κ2) is 4.92. The van der Waals surface area contributed by atoms with Gasteiger partial charge in [-0.25, -0.2) is 4.98 Å². The third kappa shape index (κ3) is 2.22. The molecule has 1 aromatic heterocycles. The van der Waals surface area contributed by atoms with Gasteiger partial charge in [0.15, 0.2) is 0 Å². The van der Waals surface area contributed by atoms with Crippen LogP contribution in [0.3, 0.4) is 0 Å². The Hall–Kier alpha value is -1.29. The Labute approximate surface area is 110 Å². The number of benzene rings is 1. The number of pyridine rings is 1. The van der Waals surface area contributed by atoms with E-state index in [4.69, 9.17) is 5.73 Å². The Morgan fingerprint density at radius 2 is 1.94 bits per heavy atom. The Morgan fingerprint density at radius 1 is 1.24 bits per heavy atom. The van der Waals surface area contributed by atoms with E-state index in [0.29, 0.717) is 0 Å². The molecule has 0 aliphatic heterocycles. The van der Waals surface area contributed by atoms with Crippen LogP contribution in [0.25, 0.3) is 10.8 Å². The van der Waals surface area contributed by atoms with Crippen molar-refractivity contribution in [1.82, 2.24) is 4.98 Å². The Kier molecular flexibility index (Phi) is 3.52. The second-order valence-corrected chi connectivity index (χ2v) is 4.76. The fourth-order valence-electron chi connectivity index (χ4n) is 1.99. The molecule has 1 aromatic carbocycles. The van der Waals surface area contributed by atoms with Crippen molar-refractivity contribution < 1.29 is 0 Å². The molecule has 0 atom stereocenters. The fourth-order valence-corrected chi connectivity index (χ4v) is 2.44. The van der Waals surface area contributed by atoms with Crippen molar-refractivity contribution in [3.8, 4) is 0 Å². The summed E-state index contributed by atoms with van der Waals surface area (Å²) in [6, 6.07) is 5.93. The van der Waals surface area contributed by atoms with Crippen LogP contribution >= 0.6 is 15.9 Å². The standard InChI is InChI=1S/C13H16BrN3/c1-3-17(4-2)13-11-7-9(15)5-6-10(11)12(14)8-16-13/h5-8H,3-4,15H2,1-2H3. The summed E-state index contributed by atoms with van der Waals surface area (Å²) in [7, 11) is 0. The zero-order valence-corrected chi connectivity index (χ0v) is 11.7. The highest BCUT2D eigenvalue weighted by molar-refractivity contribution is 9.10. The maximum Gasteiger partial charge on any atom is 0.136 e. The van der Waals surface area contributed by atoms with E-state index >= 15 is 0 Å². The first kappa shape index (κ1) is 12.2. The van der Waals surface area contributed by atoms with Crippen LogP contribution in [0.5, 0.6) is 0 Å². The highest BCUT2D eigenvalue weighted by Gasteiger charge is 2.10. The second-order valence-electron chi connectivity index (χ2n) is 3.91. The van der Waals surface area contributed by atoms with Crippen molar-refractivity contribution >= 4 is 38.2 Å². The summed E-state index contributed by atoms with van der Waals surface area (Å²) in [6.07, 6.45) is 1.85. The lowest BCUT2D eigenvalue weighted by atomic mass is 10.1. The van der Waals surface area contributed by atoms with Crippen molar-refractivity contribution in [2.75, 3.05) is 23.7 Å². The minimum Gasteiger partial charge on any atom is -0.399 e. The summed E-state index contributed by atoms with van der Waals surface area (Å²) in [5, 5.41) is 2.25. The number of aromatic nitrogens is 1. The van der Waals surface area contributed by atoms with Crippen molar-refractivity contribution in [2.45, 2.75) is 13.8 Å². The van der Waals surface area contributed by atoms with E-state index in [0.717, 1.165) is 39.8 Å². The minimum absolute atomic E-state index is 0.769. The maximum atomic E-state index is 5.86. The molecule has 4 heteroatoms. The Bertz CT molecular complexity index is 535. The lowest BCUT2D eigenvalue weighted by molar-refractivity contribution is 0.851. The molecule has 0 aliphatic carbocycles. The number of hydrogen-bond acceptors (Lipinski definition) is 3. The van der Waals surface area contributed by atoms with Crippen molar-refractivity contribution in [3.05, 3.63) is 28.9 Å². The topological polar surface area (TPSA) is 42.2 Å². The van der Waals surface area contributed by atoms with Gasteiger partial charge in [0.25, 0.3) is 0 Å². The van der Waals surface area contributed by atoms with E-state index < -0.39 is 0 Å². The summed E-state index contributed by atoms with van der Waals surface area (Å²) in [5.41, 5.74) is 6.63. The van der Waals surface area contributed by atoms with Crippen LogP contribution in [0.1, 0.15) is 13.8 Å². The molecule has 2 aromatic rings. The van der Waals surface area contributed by atoms with Crippen LogP contribution < -0.4 is 10.6 Å². The lowest BCUT2D eigenvalue weighted by Gasteiger charge is -2.21. The molecule has 90 valence electrons. The zero-order chi connectivity index (χ0) is 12.4. The minimum atomic E-state index is 0.769. The highest BCUT2D eigenvalue weighted by Crippen LogP contribution is 2.31. The van der Waals surface area contributed by atoms with Gasteiger partial charge in [0.05, 0.1) is 0 Å². The molecule has 2 rings (SSSR count). The summed E-state index contributed by atoms with van der Waals surface area (Å²) < 4.78 is 1.00. The molecule has 0 fully saturated rings. The maximum absolute atomic E-state index is 5.86. The van der Waals surface area contributed by atoms with E-state index in [1.165, 1.54) is 0 Å². The first-order valence-electron chi connectivity index (χ1n) is 5.76. The summed E-state index contributed by atoms with van der Waals surface area (Å²) in [4.78, 5) is 6.74. The average Bonchev–Trinajstić information content (AvgIpc) is 2.33. The quantitative estimate of drug-likeness (QED) is 0.882. The van der Waals surface area contributed by atoms with E-state index in [1.54, 1.807) is 0 Å². The van der Waals surface area contributed by atoms with Gasteiger partial charge in [0, 0.05) is 40.2 Å². The molecule has 0 amide bonds. The SMILES string of the molecule is CCN(CC)c1ncc(Br)c2ccc(N)cc12. The van der Waals surface area contributed by atoms with Crippen LogP contribution in [0.15, 0.2) is 28.9 Å². The molecule has 0 radical (unpaired) electrons. The van der Waals surface area contributed by atoms with Crippen LogP contribution in [-0.2, 0) is 0 Å². The van der Waals surface area contributed by atoms with E-state index in [2.05, 4.69) is 39.7 Å². The van der Waals surface area contributed by atoms with E-state index in [-0.39, 0.29) is 0 Å². The van der Waals surface area contributed by atoms with Crippen molar-refractivity contribution in [1.29, 1.82) is 0 Å². The third-order valence-electron chi connectivity index (χ3n) is 2.90. The monoisotopic (exact) mass is 293 g/mol. The largest absolute Gasteiger partial charge is 0.399 e. The molecule has 0 aliphatic rings. The van der Waals surface area contributed by atoms with Gasteiger partial charge in [0.1, 0.15) is 5.82 Å². The normalized spacial score (nSPS) is 10.8. The fraction of sp³-hybridized carbons (Fsp3) is 0.308. The van der Waals surface area contributed by atoms with Gasteiger partial charge in [0.2, 0.25) is 0 Å². The molecular formula is C13H16BrN3. The zero-order valence-electron chi connectivity index (χ0n) is 10.1. The van der Waals surface area contributed by atoms with Crippen molar-refractivity contribution in [3.63, 3.8) is 0 Å². The molecule has 0 spiro atoms. The summed E-state index contributed by atoms with van der Waals surface area (Å²) >= 11 is 3.53. The number of nitrogens with two attached hydrogens (primary N) is 1. The van der Waals surface area contributed by atoms with Gasteiger partial charge in [-0.05, 0) is 41.9 Å². The average molecular weight is 294 g/mol. The van der Waals surface area contributed by atoms with Gasteiger partial charge in [-0.15, -0.1) is 0 Å². The van der Waals surface area contributed by atoms with Crippen LogP contribution in [0.4, 0.5) is 11.5 Å². The number of nitrogen functional groups attached to an aromatic ring is 1. The molecule has 0 unspecified atom stereocenters. The Balaban J connectivity index is 2.71. The van der Waals surface area contributed by atoms with Crippen LogP contribution in [-0.4, -0.2) is 18.1 Å². The number of halogens is 1. The van der Waals surface area contributed by atoms with Gasteiger partial charge >= 0.3 is 0 Å². The number of rotatable bonds is 3. The number of anilines is 2. The molecule has 1 heterocycles. The first-order valence-corrected chi connectivity index (χ1v) is 6.55. The predicted octanol–water partition coefficient (Wildman–Crippen LogP) is 3.43.